The maximum atomic E-state index is 12.8. The molecule has 0 aliphatic rings. The fraction of sp³-hybridized carbons (Fsp3) is 0.167. The van der Waals surface area contributed by atoms with Crippen molar-refractivity contribution in [2.24, 2.45) is 0 Å². The predicted octanol–water partition coefficient (Wildman–Crippen LogP) is 3.65. The first kappa shape index (κ1) is 17.7. The van der Waals surface area contributed by atoms with Gasteiger partial charge in [-0.1, -0.05) is 65.9 Å². The van der Waals surface area contributed by atoms with E-state index in [-0.39, 0.29) is 19.0 Å². The number of benzene rings is 2. The number of carbonyl (C=O) groups excluding carboxylic acids is 1. The van der Waals surface area contributed by atoms with E-state index < -0.39 is 17.7 Å². The number of rotatable bonds is 6. The molecule has 1 aromatic heterocycles. The molecule has 5 nitrogen and oxygen atoms in total. The normalized spacial score (nSPS) is 11.3. The molecule has 0 saturated heterocycles. The number of Topliss-reactive ketones (excluding diaryl/α,β-unsaturated/α-hetero) is 1. The Morgan fingerprint density at radius 3 is 2.12 bits per heavy atom. The summed E-state index contributed by atoms with van der Waals surface area (Å²) in [6.07, 6.45) is -5.06. The molecule has 0 amide bonds. The Balaban J connectivity index is 1.91. The molecule has 8 heteroatoms. The van der Waals surface area contributed by atoms with Gasteiger partial charge in [0.25, 0.3) is 5.78 Å². The lowest BCUT2D eigenvalue weighted by molar-refractivity contribution is -0.0890. The Morgan fingerprint density at radius 1 is 0.962 bits per heavy atom. The average molecular weight is 361 g/mol. The number of halogens is 3. The molecule has 1 heterocycles. The van der Waals surface area contributed by atoms with Crippen LogP contribution in [-0.4, -0.2) is 27.0 Å². The fourth-order valence-corrected chi connectivity index (χ4v) is 2.31. The molecular weight excluding hydrogens is 347 g/mol. The Morgan fingerprint density at radius 2 is 1.54 bits per heavy atom. The minimum absolute atomic E-state index is 0.0128. The lowest BCUT2D eigenvalue weighted by atomic mass is 10.2. The van der Waals surface area contributed by atoms with Crippen molar-refractivity contribution in [3.63, 3.8) is 0 Å². The van der Waals surface area contributed by atoms with Gasteiger partial charge in [0, 0.05) is 0 Å². The summed E-state index contributed by atoms with van der Waals surface area (Å²) in [5.41, 5.74) is 0.683. The number of hydrogen-bond donors (Lipinski definition) is 0. The van der Waals surface area contributed by atoms with E-state index in [1.807, 2.05) is 12.1 Å². The van der Waals surface area contributed by atoms with Crippen molar-refractivity contribution in [1.29, 1.82) is 0 Å². The topological polar surface area (TPSA) is 57.0 Å². The molecule has 0 radical (unpaired) electrons. The second-order valence-electron chi connectivity index (χ2n) is 5.49. The third-order valence-corrected chi connectivity index (χ3v) is 3.56. The van der Waals surface area contributed by atoms with E-state index in [4.69, 9.17) is 4.74 Å². The molecule has 0 aliphatic heterocycles. The summed E-state index contributed by atoms with van der Waals surface area (Å²) < 4.78 is 45.1. The van der Waals surface area contributed by atoms with Crippen LogP contribution in [0.1, 0.15) is 21.6 Å². The predicted molar refractivity (Wildman–Crippen MR) is 86.7 cm³/mol. The van der Waals surface area contributed by atoms with Crippen molar-refractivity contribution in [1.82, 2.24) is 15.0 Å². The van der Waals surface area contributed by atoms with Gasteiger partial charge in [0.05, 0.1) is 6.54 Å². The van der Waals surface area contributed by atoms with Crippen LogP contribution in [0.2, 0.25) is 0 Å². The van der Waals surface area contributed by atoms with E-state index in [2.05, 4.69) is 10.3 Å². The lowest BCUT2D eigenvalue weighted by Crippen LogP contribution is -2.24. The Bertz CT molecular complexity index is 878. The second kappa shape index (κ2) is 7.38. The van der Waals surface area contributed by atoms with Crippen molar-refractivity contribution >= 4 is 5.78 Å². The van der Waals surface area contributed by atoms with Gasteiger partial charge < -0.3 is 4.74 Å². The number of nitrogens with zero attached hydrogens (tertiary/aromatic N) is 3. The van der Waals surface area contributed by atoms with E-state index in [1.54, 1.807) is 48.5 Å². The maximum absolute atomic E-state index is 12.8. The highest BCUT2D eigenvalue weighted by molar-refractivity contribution is 6.00. The Kier molecular flexibility index (Phi) is 5.01. The molecular formula is C18H14F3N3O2. The van der Waals surface area contributed by atoms with Crippen molar-refractivity contribution in [3.05, 3.63) is 77.5 Å². The number of alkyl halides is 3. The second-order valence-corrected chi connectivity index (χ2v) is 5.49. The number of carbonyl (C=O) groups is 1. The molecule has 26 heavy (non-hydrogen) atoms. The zero-order valence-electron chi connectivity index (χ0n) is 13.5. The molecule has 2 aromatic carbocycles. The molecule has 3 aromatic rings. The average Bonchev–Trinajstić information content (AvgIpc) is 3.02. The minimum atomic E-state index is -5.06. The molecule has 0 aliphatic carbocycles. The van der Waals surface area contributed by atoms with Gasteiger partial charge >= 0.3 is 6.18 Å². The molecule has 0 atom stereocenters. The quantitative estimate of drug-likeness (QED) is 0.629. The smallest absolute Gasteiger partial charge is 0.456 e. The number of ether oxygens (including phenoxy) is 1. The monoisotopic (exact) mass is 361 g/mol. The summed E-state index contributed by atoms with van der Waals surface area (Å²) in [6.45, 7) is 0.115. The molecule has 3 rings (SSSR count). The minimum Gasteiger partial charge on any atom is -0.471 e. The van der Waals surface area contributed by atoms with E-state index in [0.29, 0.717) is 0 Å². The van der Waals surface area contributed by atoms with Gasteiger partial charge in [-0.2, -0.15) is 13.2 Å². The zero-order valence-corrected chi connectivity index (χ0v) is 13.5. The van der Waals surface area contributed by atoms with Gasteiger partial charge in [-0.25, -0.2) is 4.68 Å². The fourth-order valence-electron chi connectivity index (χ4n) is 2.31. The highest BCUT2D eigenvalue weighted by atomic mass is 19.4. The zero-order chi connectivity index (χ0) is 18.6. The highest BCUT2D eigenvalue weighted by Gasteiger charge is 2.43. The third-order valence-electron chi connectivity index (χ3n) is 3.56. The highest BCUT2D eigenvalue weighted by Crippen LogP contribution is 2.27. The van der Waals surface area contributed by atoms with Crippen LogP contribution in [0.5, 0.6) is 5.88 Å². The summed E-state index contributed by atoms with van der Waals surface area (Å²) in [4.78, 5) is 11.6. The van der Waals surface area contributed by atoms with Crippen LogP contribution in [0.4, 0.5) is 13.2 Å². The Hall–Kier alpha value is -3.16. The molecule has 0 fully saturated rings. The van der Waals surface area contributed by atoms with Crippen LogP contribution in [0.15, 0.2) is 60.7 Å². The van der Waals surface area contributed by atoms with Gasteiger partial charge in [-0.3, -0.25) is 4.79 Å². The van der Waals surface area contributed by atoms with Gasteiger partial charge in [0.15, 0.2) is 0 Å². The number of aromatic nitrogens is 3. The molecule has 0 saturated carbocycles. The van der Waals surface area contributed by atoms with Gasteiger partial charge in [-0.15, -0.1) is 5.10 Å². The summed E-state index contributed by atoms with van der Waals surface area (Å²) in [6, 6.07) is 17.9. The lowest BCUT2D eigenvalue weighted by Gasteiger charge is -2.11. The molecule has 0 N–H and O–H groups in total. The van der Waals surface area contributed by atoms with Gasteiger partial charge in [0.1, 0.15) is 6.61 Å². The van der Waals surface area contributed by atoms with E-state index in [0.717, 1.165) is 15.8 Å². The van der Waals surface area contributed by atoms with E-state index in [9.17, 15) is 18.0 Å². The number of hydrogen-bond acceptors (Lipinski definition) is 4. The van der Waals surface area contributed by atoms with Crippen LogP contribution < -0.4 is 4.74 Å². The standard InChI is InChI=1S/C18H14F3N3O2/c19-18(20,21)16(25)15-17(26-12-14-9-5-2-6-10-14)24(23-22-15)11-13-7-3-1-4-8-13/h1-10H,11-12H2. The van der Waals surface area contributed by atoms with Crippen molar-refractivity contribution in [2.45, 2.75) is 19.3 Å². The first-order chi connectivity index (χ1) is 12.4. The summed E-state index contributed by atoms with van der Waals surface area (Å²) in [5.74, 6) is -2.39. The molecule has 134 valence electrons. The molecule has 0 unspecified atom stereocenters. The van der Waals surface area contributed by atoms with Crippen LogP contribution in [0.3, 0.4) is 0 Å². The van der Waals surface area contributed by atoms with Crippen molar-refractivity contribution in [2.75, 3.05) is 0 Å². The summed E-state index contributed by atoms with van der Waals surface area (Å²) in [5, 5.41) is 7.09. The molecule has 0 spiro atoms. The third kappa shape index (κ3) is 4.08. The van der Waals surface area contributed by atoms with E-state index >= 15 is 0 Å². The van der Waals surface area contributed by atoms with E-state index in [1.165, 1.54) is 0 Å². The van der Waals surface area contributed by atoms with Crippen LogP contribution >= 0.6 is 0 Å². The van der Waals surface area contributed by atoms with Crippen molar-refractivity contribution < 1.29 is 22.7 Å². The maximum Gasteiger partial charge on any atom is 0.456 e. The molecule has 0 bridgehead atoms. The number of ketones is 1. The first-order valence-electron chi connectivity index (χ1n) is 7.71. The summed E-state index contributed by atoms with van der Waals surface area (Å²) >= 11 is 0. The van der Waals surface area contributed by atoms with Crippen LogP contribution in [0.25, 0.3) is 0 Å². The largest absolute Gasteiger partial charge is 0.471 e. The van der Waals surface area contributed by atoms with Crippen molar-refractivity contribution in [3.8, 4) is 5.88 Å². The van der Waals surface area contributed by atoms with Crippen LogP contribution in [-0.2, 0) is 13.2 Å². The first-order valence-corrected chi connectivity index (χ1v) is 7.71. The Labute approximate surface area is 147 Å². The summed E-state index contributed by atoms with van der Waals surface area (Å²) in [7, 11) is 0. The van der Waals surface area contributed by atoms with Gasteiger partial charge in [-0.05, 0) is 11.1 Å². The van der Waals surface area contributed by atoms with Gasteiger partial charge in [0.2, 0.25) is 11.6 Å². The SMILES string of the molecule is O=C(c1nnn(Cc2ccccc2)c1OCc1ccccc1)C(F)(F)F. The van der Waals surface area contributed by atoms with Crippen LogP contribution in [0, 0.1) is 0 Å².